The van der Waals surface area contributed by atoms with E-state index in [4.69, 9.17) is 5.73 Å². The molecule has 0 aliphatic heterocycles. The zero-order valence-electron chi connectivity index (χ0n) is 6.74. The average Bonchev–Trinajstić information content (AvgIpc) is 2.32. The molecule has 1 amide bonds. The van der Waals surface area contributed by atoms with Crippen LogP contribution in [0.4, 0.5) is 5.69 Å². The topological polar surface area (TPSA) is 72.9 Å². The second kappa shape index (κ2) is 3.08. The number of hydrogen-bond donors (Lipinski definition) is 2. The number of nitrogens with zero attached hydrogens (tertiary/aromatic N) is 2. The molecule has 0 saturated carbocycles. The quantitative estimate of drug-likeness (QED) is 0.667. The molecule has 1 aromatic rings. The Balaban J connectivity index is 3.07. The number of nitrogens with two attached hydrogens (primary N) is 1. The van der Waals surface area contributed by atoms with Crippen LogP contribution in [0.25, 0.3) is 0 Å². The number of amides is 1. The molecule has 1 rings (SSSR count). The van der Waals surface area contributed by atoms with Crippen LogP contribution < -0.4 is 11.1 Å². The van der Waals surface area contributed by atoms with Crippen molar-refractivity contribution < 1.29 is 4.79 Å². The minimum atomic E-state index is -0.556. The van der Waals surface area contributed by atoms with Gasteiger partial charge in [-0.2, -0.15) is 5.10 Å². The molecule has 5 nitrogen and oxygen atoms in total. The maximum absolute atomic E-state index is 10.8. The summed E-state index contributed by atoms with van der Waals surface area (Å²) in [6.45, 7) is 3.47. The lowest BCUT2D eigenvalue weighted by Gasteiger charge is -1.94. The first kappa shape index (κ1) is 8.32. The Kier molecular flexibility index (Phi) is 2.14. The van der Waals surface area contributed by atoms with Gasteiger partial charge in [0.15, 0.2) is 5.69 Å². The molecule has 0 fully saturated rings. The van der Waals surface area contributed by atoms with Crippen molar-refractivity contribution in [1.82, 2.24) is 9.78 Å². The van der Waals surface area contributed by atoms with Crippen molar-refractivity contribution in [3.63, 3.8) is 0 Å². The van der Waals surface area contributed by atoms with Gasteiger partial charge in [0.2, 0.25) is 0 Å². The van der Waals surface area contributed by atoms with Gasteiger partial charge in [0.05, 0.1) is 5.69 Å². The van der Waals surface area contributed by atoms with E-state index in [1.807, 2.05) is 0 Å². The summed E-state index contributed by atoms with van der Waals surface area (Å²) in [4.78, 5) is 10.8. The third-order valence-corrected chi connectivity index (χ3v) is 1.32. The number of primary amides is 1. The second-order valence-electron chi connectivity index (χ2n) is 2.28. The summed E-state index contributed by atoms with van der Waals surface area (Å²) in [7, 11) is 1.71. The fourth-order valence-electron chi connectivity index (χ4n) is 0.886. The van der Waals surface area contributed by atoms with E-state index in [0.29, 0.717) is 5.69 Å². The maximum Gasteiger partial charge on any atom is 0.271 e. The van der Waals surface area contributed by atoms with E-state index in [2.05, 4.69) is 17.0 Å². The molecule has 0 atom stereocenters. The molecule has 1 aromatic heterocycles. The maximum atomic E-state index is 10.8. The predicted molar refractivity (Wildman–Crippen MR) is 45.5 cm³/mol. The highest BCUT2D eigenvalue weighted by molar-refractivity contribution is 5.96. The number of aryl methyl sites for hydroxylation is 1. The van der Waals surface area contributed by atoms with Crippen LogP contribution in [0.3, 0.4) is 0 Å². The number of anilines is 1. The summed E-state index contributed by atoms with van der Waals surface area (Å²) < 4.78 is 1.51. The monoisotopic (exact) mass is 166 g/mol. The molecule has 12 heavy (non-hydrogen) atoms. The van der Waals surface area contributed by atoms with Crippen molar-refractivity contribution in [2.45, 2.75) is 0 Å². The van der Waals surface area contributed by atoms with Gasteiger partial charge in [-0.1, -0.05) is 6.58 Å². The molecule has 3 N–H and O–H groups in total. The largest absolute Gasteiger partial charge is 0.364 e. The third kappa shape index (κ3) is 1.45. The zero-order valence-corrected chi connectivity index (χ0v) is 6.74. The number of aromatic nitrogens is 2. The fraction of sp³-hybridized carbons (Fsp3) is 0.143. The molecular formula is C7H10N4O. The minimum Gasteiger partial charge on any atom is -0.364 e. The molecule has 0 spiro atoms. The molecule has 0 saturated heterocycles. The van der Waals surface area contributed by atoms with Crippen LogP contribution in [0.1, 0.15) is 10.5 Å². The van der Waals surface area contributed by atoms with Crippen molar-refractivity contribution >= 4 is 11.6 Å². The van der Waals surface area contributed by atoms with E-state index >= 15 is 0 Å². The molecule has 1 heterocycles. The lowest BCUT2D eigenvalue weighted by Crippen LogP contribution is -2.13. The van der Waals surface area contributed by atoms with Crippen molar-refractivity contribution in [1.29, 1.82) is 0 Å². The Morgan fingerprint density at radius 2 is 2.58 bits per heavy atom. The number of carbonyl (C=O) groups is 1. The van der Waals surface area contributed by atoms with Crippen LogP contribution in [0.15, 0.2) is 19.0 Å². The molecule has 5 heteroatoms. The molecule has 0 unspecified atom stereocenters. The Hall–Kier alpha value is -1.78. The second-order valence-corrected chi connectivity index (χ2v) is 2.28. The smallest absolute Gasteiger partial charge is 0.271 e. The Labute approximate surface area is 69.9 Å². The van der Waals surface area contributed by atoms with Gasteiger partial charge < -0.3 is 11.1 Å². The van der Waals surface area contributed by atoms with Gasteiger partial charge in [-0.15, -0.1) is 0 Å². The van der Waals surface area contributed by atoms with Gasteiger partial charge in [0, 0.05) is 13.2 Å². The van der Waals surface area contributed by atoms with Gasteiger partial charge in [-0.05, 0) is 6.20 Å². The predicted octanol–water partition coefficient (Wildman–Crippen LogP) is 0.0744. The van der Waals surface area contributed by atoms with Crippen LogP contribution >= 0.6 is 0 Å². The van der Waals surface area contributed by atoms with Crippen molar-refractivity contribution in [3.05, 3.63) is 24.7 Å². The molecule has 64 valence electrons. The molecule has 0 bridgehead atoms. The summed E-state index contributed by atoms with van der Waals surface area (Å²) in [5.74, 6) is -0.556. The Bertz CT molecular complexity index is 315. The lowest BCUT2D eigenvalue weighted by atomic mass is 10.3. The first-order chi connectivity index (χ1) is 5.65. The summed E-state index contributed by atoms with van der Waals surface area (Å²) in [5.41, 5.74) is 5.86. The number of carbonyl (C=O) groups excluding carboxylic acids is 1. The van der Waals surface area contributed by atoms with Gasteiger partial charge in [-0.3, -0.25) is 9.48 Å². The Morgan fingerprint density at radius 3 is 3.08 bits per heavy atom. The molecule has 0 radical (unpaired) electrons. The minimum absolute atomic E-state index is 0.220. The summed E-state index contributed by atoms with van der Waals surface area (Å²) >= 11 is 0. The summed E-state index contributed by atoms with van der Waals surface area (Å²) in [5, 5.41) is 6.62. The first-order valence-corrected chi connectivity index (χ1v) is 3.36. The van der Waals surface area contributed by atoms with Gasteiger partial charge in [-0.25, -0.2) is 0 Å². The summed E-state index contributed by atoms with van der Waals surface area (Å²) in [6.07, 6.45) is 3.12. The van der Waals surface area contributed by atoms with E-state index in [1.54, 1.807) is 13.2 Å². The normalized spacial score (nSPS) is 9.42. The standard InChI is InChI=1S/C7H10N4O/c1-3-9-5-4-11(2)10-6(5)7(8)12/h3-4,9H,1H2,2H3,(H2,8,12). The highest BCUT2D eigenvalue weighted by Gasteiger charge is 2.10. The first-order valence-electron chi connectivity index (χ1n) is 3.36. The fourth-order valence-corrected chi connectivity index (χ4v) is 0.886. The van der Waals surface area contributed by atoms with E-state index in [1.165, 1.54) is 10.9 Å². The average molecular weight is 166 g/mol. The van der Waals surface area contributed by atoms with E-state index < -0.39 is 5.91 Å². The number of hydrogen-bond acceptors (Lipinski definition) is 3. The van der Waals surface area contributed by atoms with E-state index in [9.17, 15) is 4.79 Å². The van der Waals surface area contributed by atoms with Gasteiger partial charge in [0.1, 0.15) is 0 Å². The van der Waals surface area contributed by atoms with Crippen LogP contribution in [0, 0.1) is 0 Å². The molecular weight excluding hydrogens is 156 g/mol. The van der Waals surface area contributed by atoms with Crippen molar-refractivity contribution in [3.8, 4) is 0 Å². The van der Waals surface area contributed by atoms with Crippen LogP contribution in [-0.2, 0) is 7.05 Å². The van der Waals surface area contributed by atoms with Crippen molar-refractivity contribution in [2.75, 3.05) is 5.32 Å². The highest BCUT2D eigenvalue weighted by Crippen LogP contribution is 2.11. The molecule has 0 aromatic carbocycles. The van der Waals surface area contributed by atoms with Gasteiger partial charge >= 0.3 is 0 Å². The lowest BCUT2D eigenvalue weighted by molar-refractivity contribution is 0.0995. The van der Waals surface area contributed by atoms with Crippen LogP contribution in [0.2, 0.25) is 0 Å². The van der Waals surface area contributed by atoms with Crippen LogP contribution in [-0.4, -0.2) is 15.7 Å². The molecule has 0 aliphatic rings. The van der Waals surface area contributed by atoms with E-state index in [-0.39, 0.29) is 5.69 Å². The zero-order chi connectivity index (χ0) is 9.14. The van der Waals surface area contributed by atoms with Crippen LogP contribution in [0.5, 0.6) is 0 Å². The third-order valence-electron chi connectivity index (χ3n) is 1.32. The SMILES string of the molecule is C=CNc1cn(C)nc1C(N)=O. The van der Waals surface area contributed by atoms with E-state index in [0.717, 1.165) is 0 Å². The number of rotatable bonds is 3. The molecule has 0 aliphatic carbocycles. The number of nitrogens with one attached hydrogen (secondary N) is 1. The Morgan fingerprint density at radius 1 is 1.92 bits per heavy atom. The summed E-state index contributed by atoms with van der Waals surface area (Å²) in [6, 6.07) is 0. The van der Waals surface area contributed by atoms with Crippen molar-refractivity contribution in [2.24, 2.45) is 12.8 Å². The highest BCUT2D eigenvalue weighted by atomic mass is 16.1. The van der Waals surface area contributed by atoms with Gasteiger partial charge in [0.25, 0.3) is 5.91 Å².